The van der Waals surface area contributed by atoms with Crippen molar-refractivity contribution in [1.29, 1.82) is 0 Å². The Morgan fingerprint density at radius 2 is 0.943 bits per heavy atom. The smallest absolute Gasteiger partial charge is 0.306 e. The molecule has 0 heterocycles. The number of unbranched alkanes of at least 4 members (excludes halogenated alkanes) is 25. The van der Waals surface area contributed by atoms with Crippen LogP contribution in [-0.2, 0) is 14.3 Å². The quantitative estimate of drug-likeness (QED) is 0.0329. The van der Waals surface area contributed by atoms with Crippen molar-refractivity contribution in [2.24, 2.45) is 0 Å². The fraction of sp³-hybridized carbons (Fsp3) is 0.872. The van der Waals surface area contributed by atoms with Crippen LogP contribution in [0.3, 0.4) is 0 Å². The topological polar surface area (TPSA) is 95.9 Å². The molecule has 0 aromatic rings. The van der Waals surface area contributed by atoms with Gasteiger partial charge in [0.05, 0.1) is 25.2 Å². The fourth-order valence-electron chi connectivity index (χ4n) is 6.96. The van der Waals surface area contributed by atoms with Gasteiger partial charge < -0.3 is 20.3 Å². The van der Waals surface area contributed by atoms with Gasteiger partial charge in [-0.25, -0.2) is 0 Å². The van der Waals surface area contributed by atoms with Gasteiger partial charge in [-0.15, -0.1) is 0 Å². The molecule has 3 unspecified atom stereocenters. The van der Waals surface area contributed by atoms with Crippen LogP contribution in [0.2, 0.25) is 0 Å². The highest BCUT2D eigenvalue weighted by Crippen LogP contribution is 2.17. The molecule has 3 atom stereocenters. The predicted molar refractivity (Wildman–Crippen MR) is 227 cm³/mol. The number of hydrogen-bond donors (Lipinski definition) is 3. The molecule has 0 saturated heterocycles. The van der Waals surface area contributed by atoms with E-state index in [4.69, 9.17) is 4.74 Å². The number of aliphatic hydroxyl groups excluding tert-OH is 2. The number of carbonyl (C=O) groups excluding carboxylic acids is 2. The Hall–Kier alpha value is -1.66. The second-order valence-corrected chi connectivity index (χ2v) is 15.8. The van der Waals surface area contributed by atoms with E-state index < -0.39 is 18.2 Å². The van der Waals surface area contributed by atoms with Gasteiger partial charge in [-0.05, 0) is 70.6 Å². The zero-order valence-corrected chi connectivity index (χ0v) is 35.4. The van der Waals surface area contributed by atoms with E-state index in [0.717, 1.165) is 77.0 Å². The highest BCUT2D eigenvalue weighted by atomic mass is 16.5. The lowest BCUT2D eigenvalue weighted by atomic mass is 10.0. The first-order chi connectivity index (χ1) is 26.0. The maximum absolute atomic E-state index is 13.1. The van der Waals surface area contributed by atoms with Gasteiger partial charge in [0.1, 0.15) is 6.10 Å². The molecule has 3 N–H and O–H groups in total. The number of hydrogen-bond acceptors (Lipinski definition) is 5. The molecule has 0 rings (SSSR count). The lowest BCUT2D eigenvalue weighted by Gasteiger charge is -2.24. The summed E-state index contributed by atoms with van der Waals surface area (Å²) in [5.41, 5.74) is 0. The molecule has 53 heavy (non-hydrogen) atoms. The third kappa shape index (κ3) is 37.1. The molecule has 0 spiro atoms. The molecule has 0 fully saturated rings. The molecule has 0 aliphatic rings. The number of esters is 1. The van der Waals surface area contributed by atoms with Crippen LogP contribution in [0.5, 0.6) is 0 Å². The molecular formula is C47H89NO5. The van der Waals surface area contributed by atoms with Crippen molar-refractivity contribution in [3.05, 3.63) is 24.3 Å². The largest absolute Gasteiger partial charge is 0.462 e. The van der Waals surface area contributed by atoms with E-state index in [1.54, 1.807) is 0 Å². The Morgan fingerprint density at radius 1 is 0.528 bits per heavy atom. The number of rotatable bonds is 41. The maximum Gasteiger partial charge on any atom is 0.306 e. The minimum absolute atomic E-state index is 0.0671. The molecule has 6 nitrogen and oxygen atoms in total. The van der Waals surface area contributed by atoms with Crippen LogP contribution in [0, 0.1) is 0 Å². The number of nitrogens with one attached hydrogen (secondary N) is 1. The van der Waals surface area contributed by atoms with Crippen molar-refractivity contribution in [2.75, 3.05) is 6.61 Å². The van der Waals surface area contributed by atoms with Gasteiger partial charge in [-0.3, -0.25) is 9.59 Å². The summed E-state index contributed by atoms with van der Waals surface area (Å²) in [6, 6.07) is -0.700. The first-order valence-corrected chi connectivity index (χ1v) is 23.1. The summed E-state index contributed by atoms with van der Waals surface area (Å²) in [5, 5.41) is 23.5. The van der Waals surface area contributed by atoms with Crippen LogP contribution < -0.4 is 5.32 Å². The van der Waals surface area contributed by atoms with Crippen molar-refractivity contribution in [2.45, 2.75) is 257 Å². The van der Waals surface area contributed by atoms with Crippen molar-refractivity contribution in [3.8, 4) is 0 Å². The van der Waals surface area contributed by atoms with E-state index in [2.05, 4.69) is 50.4 Å². The average molecular weight is 748 g/mol. The predicted octanol–water partition coefficient (Wildman–Crippen LogP) is 13.2. The van der Waals surface area contributed by atoms with Crippen LogP contribution >= 0.6 is 0 Å². The van der Waals surface area contributed by atoms with E-state index in [-0.39, 0.29) is 24.9 Å². The molecule has 0 aromatic heterocycles. The maximum atomic E-state index is 13.1. The summed E-state index contributed by atoms with van der Waals surface area (Å²) in [7, 11) is 0. The van der Waals surface area contributed by atoms with Crippen LogP contribution in [0.1, 0.15) is 239 Å². The van der Waals surface area contributed by atoms with E-state index in [0.29, 0.717) is 19.3 Å². The zero-order valence-electron chi connectivity index (χ0n) is 35.4. The van der Waals surface area contributed by atoms with Crippen molar-refractivity contribution >= 4 is 11.9 Å². The van der Waals surface area contributed by atoms with Gasteiger partial charge in [-0.2, -0.15) is 0 Å². The Balaban J connectivity index is 4.44. The van der Waals surface area contributed by atoms with Gasteiger partial charge >= 0.3 is 5.97 Å². The average Bonchev–Trinajstić information content (AvgIpc) is 3.15. The Morgan fingerprint density at radius 3 is 1.43 bits per heavy atom. The fourth-order valence-corrected chi connectivity index (χ4v) is 6.96. The van der Waals surface area contributed by atoms with Crippen LogP contribution in [0.4, 0.5) is 0 Å². The Bertz CT molecular complexity index is 843. The van der Waals surface area contributed by atoms with E-state index >= 15 is 0 Å². The van der Waals surface area contributed by atoms with Crippen molar-refractivity contribution in [3.63, 3.8) is 0 Å². The summed E-state index contributed by atoms with van der Waals surface area (Å²) in [6.07, 6.45) is 45.4. The minimum atomic E-state index is -0.785. The van der Waals surface area contributed by atoms with Crippen LogP contribution in [0.15, 0.2) is 24.3 Å². The lowest BCUT2D eigenvalue weighted by Crippen LogP contribution is -2.46. The van der Waals surface area contributed by atoms with Crippen LogP contribution in [0.25, 0.3) is 0 Å². The SMILES string of the molecule is CCC/C=C\CCCCCC(CC(=O)NC(CO)C(O)CCCCCCCCCCC)OC(=O)CCCCCCCCC/C=C/CCCCCCCC. The molecule has 0 radical (unpaired) electrons. The summed E-state index contributed by atoms with van der Waals surface area (Å²) >= 11 is 0. The summed E-state index contributed by atoms with van der Waals surface area (Å²) in [6.45, 7) is 6.38. The van der Waals surface area contributed by atoms with Crippen molar-refractivity contribution < 1.29 is 24.5 Å². The number of amides is 1. The molecule has 312 valence electrons. The van der Waals surface area contributed by atoms with Gasteiger partial charge in [0.2, 0.25) is 5.91 Å². The number of carbonyl (C=O) groups is 2. The highest BCUT2D eigenvalue weighted by molar-refractivity contribution is 5.77. The summed E-state index contributed by atoms with van der Waals surface area (Å²) in [4.78, 5) is 25.9. The van der Waals surface area contributed by atoms with E-state index in [1.165, 1.54) is 116 Å². The number of aliphatic hydroxyl groups is 2. The van der Waals surface area contributed by atoms with E-state index in [1.807, 2.05) is 0 Å². The number of allylic oxidation sites excluding steroid dienone is 4. The molecule has 6 heteroatoms. The van der Waals surface area contributed by atoms with Crippen LogP contribution in [-0.4, -0.2) is 46.9 Å². The molecule has 0 bridgehead atoms. The number of ether oxygens (including phenoxy) is 1. The summed E-state index contributed by atoms with van der Waals surface area (Å²) < 4.78 is 5.87. The Labute approximate surface area is 329 Å². The van der Waals surface area contributed by atoms with E-state index in [9.17, 15) is 19.8 Å². The zero-order chi connectivity index (χ0) is 38.9. The third-order valence-electron chi connectivity index (χ3n) is 10.5. The minimum Gasteiger partial charge on any atom is -0.462 e. The first-order valence-electron chi connectivity index (χ1n) is 23.1. The third-order valence-corrected chi connectivity index (χ3v) is 10.5. The lowest BCUT2D eigenvalue weighted by molar-refractivity contribution is -0.151. The van der Waals surface area contributed by atoms with Crippen molar-refractivity contribution in [1.82, 2.24) is 5.32 Å². The molecule has 0 saturated carbocycles. The van der Waals surface area contributed by atoms with Gasteiger partial charge in [-0.1, -0.05) is 180 Å². The molecule has 1 amide bonds. The van der Waals surface area contributed by atoms with Gasteiger partial charge in [0, 0.05) is 6.42 Å². The first kappa shape index (κ1) is 51.3. The van der Waals surface area contributed by atoms with Gasteiger partial charge in [0.15, 0.2) is 0 Å². The standard InChI is InChI=1S/C47H89NO5/c1-4-7-10-13-16-19-20-21-22-23-24-25-26-28-31-34-37-40-47(52)53-43(38-35-32-29-18-15-12-9-6-3)41-46(51)48-44(42-49)45(50)39-36-33-30-27-17-14-11-8-5-2/h12,15,21-22,43-45,49-50H,4-11,13-14,16-20,23-42H2,1-3H3,(H,48,51)/b15-12-,22-21+. The highest BCUT2D eigenvalue weighted by Gasteiger charge is 2.24. The molecule has 0 aliphatic heterocycles. The monoisotopic (exact) mass is 748 g/mol. The van der Waals surface area contributed by atoms with Gasteiger partial charge in [0.25, 0.3) is 0 Å². The summed E-state index contributed by atoms with van der Waals surface area (Å²) in [5.74, 6) is -0.495. The molecular weight excluding hydrogens is 659 g/mol. The second-order valence-electron chi connectivity index (χ2n) is 15.8. The Kier molecular flexibility index (Phi) is 40.2. The molecule has 0 aromatic carbocycles. The molecule has 0 aliphatic carbocycles. The normalized spacial score (nSPS) is 13.5. The second kappa shape index (κ2) is 41.5.